The van der Waals surface area contributed by atoms with E-state index >= 15 is 0 Å². The first kappa shape index (κ1) is 7.00. The fourth-order valence-electron chi connectivity index (χ4n) is 0.135. The van der Waals surface area contributed by atoms with Crippen LogP contribution >= 0.6 is 66.8 Å². The van der Waals surface area contributed by atoms with Crippen LogP contribution < -0.4 is 0 Å². The van der Waals surface area contributed by atoms with E-state index in [1.54, 1.807) is 0 Å². The van der Waals surface area contributed by atoms with Crippen LogP contribution in [0.15, 0.2) is 0 Å². The van der Waals surface area contributed by atoms with Crippen LogP contribution in [0.4, 0.5) is 0 Å². The largest absolute Gasteiger partial charge is 0.199 e. The Kier molecular flexibility index (Phi) is 1.69. The fraction of sp³-hybridized carbons (Fsp3) is 1.00. The van der Waals surface area contributed by atoms with Gasteiger partial charge in [0.25, 0.3) is 0 Å². The first-order valence-corrected chi connectivity index (χ1v) is 4.57. The third kappa shape index (κ3) is 1.23. The summed E-state index contributed by atoms with van der Waals surface area (Å²) in [4.78, 5) is 0. The second-order valence-electron chi connectivity index (χ2n) is 1.14. The third-order valence-corrected chi connectivity index (χ3v) is 6.33. The Bertz CT molecular complexity index is 89.9. The Balaban J connectivity index is 2.59. The monoisotopic (exact) mass is 284 g/mol. The number of hydrogen-bond donors (Lipinski definition) is 0. The summed E-state index contributed by atoms with van der Waals surface area (Å²) in [5.74, 6) is 0. The highest BCUT2D eigenvalue weighted by Gasteiger charge is 2.65. The zero-order valence-electron chi connectivity index (χ0n) is 2.92. The normalized spacial score (nSPS) is 32.6. The quantitative estimate of drug-likeness (QED) is 0.486. The maximum atomic E-state index is 5.57. The molecule has 1 saturated heterocycles. The van der Waals surface area contributed by atoms with E-state index in [0.717, 1.165) is 0 Å². The van der Waals surface area contributed by atoms with Gasteiger partial charge in [0.1, 0.15) is 0 Å². The lowest BCUT2D eigenvalue weighted by Crippen LogP contribution is -1.94. The summed E-state index contributed by atoms with van der Waals surface area (Å²) in [5, 5.41) is 0. The molecule has 0 bridgehead atoms. The van der Waals surface area contributed by atoms with Crippen molar-refractivity contribution in [1.82, 2.24) is 0 Å². The molecule has 0 saturated carbocycles. The van der Waals surface area contributed by atoms with E-state index in [2.05, 4.69) is 31.9 Å². The molecular formula is C2Br2Cl2S. The van der Waals surface area contributed by atoms with Crippen molar-refractivity contribution in [2.45, 2.75) is 6.23 Å². The van der Waals surface area contributed by atoms with E-state index < -0.39 is 3.67 Å². The van der Waals surface area contributed by atoms with Crippen molar-refractivity contribution in [2.75, 3.05) is 0 Å². The standard InChI is InChI=1S/C2Br2Cl2S/c3-1(4)2(5,6)7-1. The molecule has 0 aliphatic carbocycles. The lowest BCUT2D eigenvalue weighted by molar-refractivity contribution is 1.37. The fourth-order valence-corrected chi connectivity index (χ4v) is 3.68. The molecule has 7 heavy (non-hydrogen) atoms. The minimum Gasteiger partial charge on any atom is -0.0861 e. The molecule has 1 heterocycles. The SMILES string of the molecule is ClC1(Cl)SC1(Br)Br. The average Bonchev–Trinajstić information content (AvgIpc) is 1.63. The lowest BCUT2D eigenvalue weighted by Gasteiger charge is -1.90. The van der Waals surface area contributed by atoms with Gasteiger partial charge in [0.15, 0.2) is 6.23 Å². The average molecular weight is 287 g/mol. The summed E-state index contributed by atoms with van der Waals surface area (Å²) in [6, 6.07) is 0. The summed E-state index contributed by atoms with van der Waals surface area (Å²) in [6.45, 7) is 0. The summed E-state index contributed by atoms with van der Waals surface area (Å²) < 4.78 is -0.941. The maximum Gasteiger partial charge on any atom is 0.199 e. The predicted molar refractivity (Wildman–Crippen MR) is 42.6 cm³/mol. The topological polar surface area (TPSA) is 0 Å². The molecule has 0 aromatic carbocycles. The molecule has 1 fully saturated rings. The molecule has 0 nitrogen and oxygen atoms in total. The van der Waals surface area contributed by atoms with Crippen LogP contribution in [0.1, 0.15) is 0 Å². The van der Waals surface area contributed by atoms with Gasteiger partial charge in [-0.3, -0.25) is 0 Å². The van der Waals surface area contributed by atoms with E-state index in [4.69, 9.17) is 23.2 Å². The van der Waals surface area contributed by atoms with Gasteiger partial charge >= 0.3 is 0 Å². The van der Waals surface area contributed by atoms with Gasteiger partial charge in [-0.05, 0) is 0 Å². The van der Waals surface area contributed by atoms with Crippen LogP contribution in [0.2, 0.25) is 0 Å². The Morgan fingerprint density at radius 2 is 1.43 bits per heavy atom. The summed E-state index contributed by atoms with van der Waals surface area (Å²) in [7, 11) is 0. The zero-order chi connectivity index (χ0) is 5.71. The summed E-state index contributed by atoms with van der Waals surface area (Å²) in [6.07, 6.45) is 0. The second-order valence-corrected chi connectivity index (χ2v) is 8.83. The number of thioether (sulfide) groups is 1. The molecular weight excluding hydrogens is 287 g/mol. The molecule has 5 heteroatoms. The highest BCUT2D eigenvalue weighted by molar-refractivity contribution is 9.29. The van der Waals surface area contributed by atoms with Crippen LogP contribution in [0.25, 0.3) is 0 Å². The van der Waals surface area contributed by atoms with E-state index in [-0.39, 0.29) is 2.57 Å². The first-order chi connectivity index (χ1) is 2.96. The van der Waals surface area contributed by atoms with Gasteiger partial charge in [0.05, 0.1) is 0 Å². The number of rotatable bonds is 0. The molecule has 0 atom stereocenters. The molecule has 0 unspecified atom stereocenters. The van der Waals surface area contributed by atoms with Crippen LogP contribution in [0.3, 0.4) is 0 Å². The first-order valence-electron chi connectivity index (χ1n) is 1.41. The van der Waals surface area contributed by atoms with Crippen LogP contribution in [0, 0.1) is 0 Å². The van der Waals surface area contributed by atoms with Gasteiger partial charge in [-0.2, -0.15) is 0 Å². The van der Waals surface area contributed by atoms with E-state index in [9.17, 15) is 0 Å². The van der Waals surface area contributed by atoms with Crippen molar-refractivity contribution in [1.29, 1.82) is 0 Å². The summed E-state index contributed by atoms with van der Waals surface area (Å²) in [5.41, 5.74) is 0. The van der Waals surface area contributed by atoms with Crippen molar-refractivity contribution in [3.63, 3.8) is 0 Å². The minimum atomic E-state index is -0.660. The molecule has 1 rings (SSSR count). The number of hydrogen-bond acceptors (Lipinski definition) is 1. The van der Waals surface area contributed by atoms with Gasteiger partial charge in [0, 0.05) is 0 Å². The Hall–Kier alpha value is 1.89. The molecule has 0 aromatic rings. The van der Waals surface area contributed by atoms with Crippen LogP contribution in [-0.2, 0) is 0 Å². The van der Waals surface area contributed by atoms with Crippen molar-refractivity contribution in [3.8, 4) is 0 Å². The molecule has 42 valence electrons. The lowest BCUT2D eigenvalue weighted by atomic mass is 11.0. The molecule has 1 aliphatic heterocycles. The van der Waals surface area contributed by atoms with Gasteiger partial charge in [-0.1, -0.05) is 66.8 Å². The maximum absolute atomic E-state index is 5.57. The smallest absolute Gasteiger partial charge is 0.0861 e. The Morgan fingerprint density at radius 3 is 1.43 bits per heavy atom. The van der Waals surface area contributed by atoms with Crippen LogP contribution in [0.5, 0.6) is 0 Å². The van der Waals surface area contributed by atoms with Crippen molar-refractivity contribution >= 4 is 66.8 Å². The van der Waals surface area contributed by atoms with E-state index in [1.165, 1.54) is 11.8 Å². The molecule has 0 aromatic heterocycles. The number of alkyl halides is 4. The summed E-state index contributed by atoms with van der Waals surface area (Å²) >= 11 is 19.0. The molecule has 0 N–H and O–H groups in total. The molecule has 0 spiro atoms. The van der Waals surface area contributed by atoms with Gasteiger partial charge in [0.2, 0.25) is 0 Å². The van der Waals surface area contributed by atoms with E-state index in [0.29, 0.717) is 0 Å². The third-order valence-electron chi connectivity index (χ3n) is 0.554. The van der Waals surface area contributed by atoms with Crippen molar-refractivity contribution < 1.29 is 0 Å². The van der Waals surface area contributed by atoms with Crippen molar-refractivity contribution in [3.05, 3.63) is 0 Å². The van der Waals surface area contributed by atoms with E-state index in [1.807, 2.05) is 0 Å². The molecule has 1 aliphatic rings. The second kappa shape index (κ2) is 1.69. The van der Waals surface area contributed by atoms with Crippen molar-refractivity contribution in [2.24, 2.45) is 0 Å². The number of halogens is 4. The van der Waals surface area contributed by atoms with Crippen LogP contribution in [-0.4, -0.2) is 6.23 Å². The Labute approximate surface area is 72.6 Å². The molecule has 0 amide bonds. The Morgan fingerprint density at radius 1 is 1.29 bits per heavy atom. The highest BCUT2D eigenvalue weighted by Crippen LogP contribution is 2.76. The van der Waals surface area contributed by atoms with Gasteiger partial charge in [-0.25, -0.2) is 0 Å². The van der Waals surface area contributed by atoms with Gasteiger partial charge < -0.3 is 0 Å². The molecule has 0 radical (unpaired) electrons. The zero-order valence-corrected chi connectivity index (χ0v) is 8.42. The highest BCUT2D eigenvalue weighted by atomic mass is 79.9. The minimum absolute atomic E-state index is 0.282. The van der Waals surface area contributed by atoms with Gasteiger partial charge in [-0.15, -0.1) is 0 Å². The predicted octanol–water partition coefficient (Wildman–Crippen LogP) is 3.31.